The third kappa shape index (κ3) is 3.25. The Morgan fingerprint density at radius 2 is 2.17 bits per heavy atom. The van der Waals surface area contributed by atoms with Crippen molar-refractivity contribution in [3.63, 3.8) is 0 Å². The molecule has 0 aliphatic carbocycles. The summed E-state index contributed by atoms with van der Waals surface area (Å²) in [6.45, 7) is 3.66. The highest BCUT2D eigenvalue weighted by molar-refractivity contribution is 9.10. The van der Waals surface area contributed by atoms with Crippen molar-refractivity contribution in [2.24, 2.45) is 0 Å². The van der Waals surface area contributed by atoms with Crippen LogP contribution in [0.2, 0.25) is 5.02 Å². The van der Waals surface area contributed by atoms with E-state index < -0.39 is 0 Å². The summed E-state index contributed by atoms with van der Waals surface area (Å²) >= 11 is 9.17. The predicted octanol–water partition coefficient (Wildman–Crippen LogP) is 3.02. The molecular formula is C13H15BrClNO2. The van der Waals surface area contributed by atoms with Gasteiger partial charge in [0.25, 0.3) is 0 Å². The van der Waals surface area contributed by atoms with Crippen molar-refractivity contribution < 1.29 is 9.53 Å². The van der Waals surface area contributed by atoms with Gasteiger partial charge in [-0.2, -0.15) is 0 Å². The average Bonchev–Trinajstić information content (AvgIpc) is 2.38. The Labute approximate surface area is 120 Å². The lowest BCUT2D eigenvalue weighted by Crippen LogP contribution is -2.44. The molecule has 1 aromatic carbocycles. The van der Waals surface area contributed by atoms with E-state index in [0.29, 0.717) is 24.7 Å². The van der Waals surface area contributed by atoms with Gasteiger partial charge >= 0.3 is 0 Å². The number of benzene rings is 1. The highest BCUT2D eigenvalue weighted by Gasteiger charge is 2.27. The van der Waals surface area contributed by atoms with Gasteiger partial charge in [-0.15, -0.1) is 0 Å². The molecule has 0 unspecified atom stereocenters. The van der Waals surface area contributed by atoms with Crippen LogP contribution in [-0.2, 0) is 9.53 Å². The maximum absolute atomic E-state index is 11.9. The number of hydrogen-bond acceptors (Lipinski definition) is 2. The van der Waals surface area contributed by atoms with Crippen LogP contribution in [0.5, 0.6) is 0 Å². The molecule has 2 atom stereocenters. The van der Waals surface area contributed by atoms with Crippen LogP contribution in [0.25, 0.3) is 0 Å². The maximum Gasteiger partial charge on any atom is 0.236 e. The SMILES string of the molecule is C[C@H](Br)C(=O)N1CCO[C@H](c2ccc(Cl)cc2)C1. The van der Waals surface area contributed by atoms with E-state index in [1.807, 2.05) is 36.1 Å². The molecule has 0 radical (unpaired) electrons. The Hall–Kier alpha value is -0.580. The lowest BCUT2D eigenvalue weighted by atomic mass is 10.1. The number of halogens is 2. The first-order chi connectivity index (χ1) is 8.58. The van der Waals surface area contributed by atoms with Crippen molar-refractivity contribution >= 4 is 33.4 Å². The smallest absolute Gasteiger partial charge is 0.236 e. The lowest BCUT2D eigenvalue weighted by molar-refractivity contribution is -0.137. The third-order valence-corrected chi connectivity index (χ3v) is 3.60. The molecule has 1 fully saturated rings. The third-order valence-electron chi connectivity index (χ3n) is 2.96. The molecule has 0 spiro atoms. The van der Waals surface area contributed by atoms with Crippen molar-refractivity contribution in [1.82, 2.24) is 4.90 Å². The first kappa shape index (κ1) is 13.8. The summed E-state index contributed by atoms with van der Waals surface area (Å²) in [7, 11) is 0. The molecule has 3 nitrogen and oxygen atoms in total. The first-order valence-electron chi connectivity index (χ1n) is 5.88. The second kappa shape index (κ2) is 6.04. The summed E-state index contributed by atoms with van der Waals surface area (Å²) in [5, 5.41) is 0.705. The molecular weight excluding hydrogens is 318 g/mol. The van der Waals surface area contributed by atoms with Crippen LogP contribution in [0.1, 0.15) is 18.6 Å². The van der Waals surface area contributed by atoms with Gasteiger partial charge in [0, 0.05) is 11.6 Å². The van der Waals surface area contributed by atoms with E-state index in [0.717, 1.165) is 5.56 Å². The fourth-order valence-electron chi connectivity index (χ4n) is 1.98. The monoisotopic (exact) mass is 331 g/mol. The van der Waals surface area contributed by atoms with Gasteiger partial charge in [-0.1, -0.05) is 39.7 Å². The Kier molecular flexibility index (Phi) is 4.65. The minimum atomic E-state index is -0.151. The Morgan fingerprint density at radius 3 is 2.78 bits per heavy atom. The van der Waals surface area contributed by atoms with Crippen molar-refractivity contribution in [3.8, 4) is 0 Å². The van der Waals surface area contributed by atoms with Gasteiger partial charge in [0.05, 0.1) is 18.0 Å². The van der Waals surface area contributed by atoms with Gasteiger partial charge in [-0.05, 0) is 24.6 Å². The summed E-state index contributed by atoms with van der Waals surface area (Å²) in [6, 6.07) is 7.57. The normalized spacial score (nSPS) is 21.7. The fraction of sp³-hybridized carbons (Fsp3) is 0.462. The van der Waals surface area contributed by atoms with Gasteiger partial charge in [0.2, 0.25) is 5.91 Å². The number of ether oxygens (including phenoxy) is 1. The van der Waals surface area contributed by atoms with E-state index in [2.05, 4.69) is 15.9 Å². The van der Waals surface area contributed by atoms with Gasteiger partial charge < -0.3 is 9.64 Å². The Morgan fingerprint density at radius 1 is 1.50 bits per heavy atom. The van der Waals surface area contributed by atoms with E-state index in [9.17, 15) is 4.79 Å². The van der Waals surface area contributed by atoms with Crippen LogP contribution in [0.4, 0.5) is 0 Å². The summed E-state index contributed by atoms with van der Waals surface area (Å²) < 4.78 is 5.71. The van der Waals surface area contributed by atoms with Crippen LogP contribution in [0, 0.1) is 0 Å². The summed E-state index contributed by atoms with van der Waals surface area (Å²) in [4.78, 5) is 13.6. The zero-order chi connectivity index (χ0) is 13.1. The fourth-order valence-corrected chi connectivity index (χ4v) is 2.40. The zero-order valence-corrected chi connectivity index (χ0v) is 12.4. The van der Waals surface area contributed by atoms with Crippen molar-refractivity contribution in [3.05, 3.63) is 34.9 Å². The van der Waals surface area contributed by atoms with Gasteiger partial charge in [-0.25, -0.2) is 0 Å². The van der Waals surface area contributed by atoms with E-state index in [4.69, 9.17) is 16.3 Å². The number of nitrogens with zero attached hydrogens (tertiary/aromatic N) is 1. The number of alkyl halides is 1. The molecule has 0 bridgehead atoms. The molecule has 0 N–H and O–H groups in total. The second-order valence-electron chi connectivity index (χ2n) is 4.31. The zero-order valence-electron chi connectivity index (χ0n) is 10.1. The van der Waals surface area contributed by atoms with Crippen molar-refractivity contribution in [1.29, 1.82) is 0 Å². The molecule has 1 amide bonds. The number of carbonyl (C=O) groups is 1. The van der Waals surface area contributed by atoms with Crippen LogP contribution in [-0.4, -0.2) is 35.3 Å². The Bertz CT molecular complexity index is 422. The van der Waals surface area contributed by atoms with Crippen LogP contribution in [0.15, 0.2) is 24.3 Å². The van der Waals surface area contributed by atoms with Gasteiger partial charge in [0.15, 0.2) is 0 Å². The van der Waals surface area contributed by atoms with Gasteiger partial charge in [-0.3, -0.25) is 4.79 Å². The maximum atomic E-state index is 11.9. The lowest BCUT2D eigenvalue weighted by Gasteiger charge is -2.34. The number of hydrogen-bond donors (Lipinski definition) is 0. The molecule has 1 heterocycles. The van der Waals surface area contributed by atoms with E-state index in [-0.39, 0.29) is 16.8 Å². The molecule has 1 aliphatic heterocycles. The summed E-state index contributed by atoms with van der Waals surface area (Å²) in [5.41, 5.74) is 1.05. The van der Waals surface area contributed by atoms with Crippen molar-refractivity contribution in [2.75, 3.05) is 19.7 Å². The summed E-state index contributed by atoms with van der Waals surface area (Å²) in [5.74, 6) is 0.109. The molecule has 0 saturated carbocycles. The molecule has 1 aromatic rings. The van der Waals surface area contributed by atoms with Gasteiger partial charge in [0.1, 0.15) is 6.10 Å². The van der Waals surface area contributed by atoms with Crippen LogP contribution >= 0.6 is 27.5 Å². The van der Waals surface area contributed by atoms with E-state index in [1.54, 1.807) is 0 Å². The molecule has 98 valence electrons. The quantitative estimate of drug-likeness (QED) is 0.779. The molecule has 1 aliphatic rings. The molecule has 2 rings (SSSR count). The number of carbonyl (C=O) groups excluding carboxylic acids is 1. The number of amides is 1. The standard InChI is InChI=1S/C13H15BrClNO2/c1-9(14)13(17)16-6-7-18-12(8-16)10-2-4-11(15)5-3-10/h2-5,9,12H,6-8H2,1H3/t9-,12-/m0/s1. The molecule has 5 heteroatoms. The van der Waals surface area contributed by atoms with Crippen LogP contribution < -0.4 is 0 Å². The van der Waals surface area contributed by atoms with Crippen molar-refractivity contribution in [2.45, 2.75) is 17.9 Å². The topological polar surface area (TPSA) is 29.5 Å². The minimum absolute atomic E-state index is 0.0637. The largest absolute Gasteiger partial charge is 0.370 e. The second-order valence-corrected chi connectivity index (χ2v) is 6.12. The highest BCUT2D eigenvalue weighted by Crippen LogP contribution is 2.24. The molecule has 1 saturated heterocycles. The van der Waals surface area contributed by atoms with E-state index in [1.165, 1.54) is 0 Å². The Balaban J connectivity index is 2.07. The minimum Gasteiger partial charge on any atom is -0.370 e. The molecule has 0 aromatic heterocycles. The van der Waals surface area contributed by atoms with E-state index >= 15 is 0 Å². The number of rotatable bonds is 2. The number of morpholine rings is 1. The first-order valence-corrected chi connectivity index (χ1v) is 7.17. The predicted molar refractivity (Wildman–Crippen MR) is 75.1 cm³/mol. The van der Waals surface area contributed by atoms with Crippen LogP contribution in [0.3, 0.4) is 0 Å². The highest BCUT2D eigenvalue weighted by atomic mass is 79.9. The molecule has 18 heavy (non-hydrogen) atoms. The summed E-state index contributed by atoms with van der Waals surface area (Å²) in [6.07, 6.45) is -0.0637. The average molecular weight is 333 g/mol.